The molecule has 6 aliphatic carbocycles. The summed E-state index contributed by atoms with van der Waals surface area (Å²) in [4.78, 5) is 14.5. The summed E-state index contributed by atoms with van der Waals surface area (Å²) in [5.41, 5.74) is 3.66. The number of nitrogens with one attached hydrogen (secondary N) is 1. The van der Waals surface area contributed by atoms with E-state index in [1.165, 1.54) is 68.1 Å². The Balaban J connectivity index is 1.12. The second kappa shape index (κ2) is 13.7. The zero-order valence-electron chi connectivity index (χ0n) is 34.2. The van der Waals surface area contributed by atoms with E-state index < -0.39 is 28.6 Å². The molecule has 0 aromatic rings. The topological polar surface area (TPSA) is 93.0 Å². The number of carboxylic acids is 1. The molecule has 4 N–H and O–H groups in total. The van der Waals surface area contributed by atoms with Gasteiger partial charge in [0.25, 0.3) is 0 Å². The maximum Gasteiger partial charge on any atom is 0.312 e. The second-order valence-electron chi connectivity index (χ2n) is 21.0. The first-order valence-electron chi connectivity index (χ1n) is 21.3. The Morgan fingerprint density at radius 3 is 2.40 bits per heavy atom. The summed E-state index contributed by atoms with van der Waals surface area (Å²) >= 11 is 0. The summed E-state index contributed by atoms with van der Waals surface area (Å²) < 4.78 is 35.0. The van der Waals surface area contributed by atoms with E-state index in [4.69, 9.17) is 0 Å². The van der Waals surface area contributed by atoms with Crippen LogP contribution in [0.4, 0.5) is 4.39 Å². The lowest BCUT2D eigenvalue weighted by molar-refractivity contribution is -0.221. The zero-order valence-corrected chi connectivity index (χ0v) is 35.1. The normalized spacial score (nSPS) is 47.1. The van der Waals surface area contributed by atoms with Crippen LogP contribution < -0.4 is 5.32 Å². The van der Waals surface area contributed by atoms with Gasteiger partial charge in [-0.2, -0.15) is 10.6 Å². The van der Waals surface area contributed by atoms with Crippen molar-refractivity contribution in [3.8, 4) is 0 Å². The number of hydrogen-bond donors (Lipinski definition) is 4. The lowest BCUT2D eigenvalue weighted by atomic mass is 9.33. The van der Waals surface area contributed by atoms with Gasteiger partial charge in [0.15, 0.2) is 0 Å². The molecule has 6 nitrogen and oxygen atoms in total. The van der Waals surface area contributed by atoms with Gasteiger partial charge >= 0.3 is 5.97 Å². The smallest absolute Gasteiger partial charge is 0.312 e. The van der Waals surface area contributed by atoms with Gasteiger partial charge < -0.3 is 15.3 Å². The maximum atomic E-state index is 14.0. The van der Waals surface area contributed by atoms with Gasteiger partial charge in [-0.1, -0.05) is 65.8 Å². The second-order valence-corrected chi connectivity index (χ2v) is 23.4. The lowest BCUT2D eigenvalue weighted by Crippen LogP contribution is -2.68. The predicted molar refractivity (Wildman–Crippen MR) is 217 cm³/mol. The number of fused-ring (bicyclic) bond motifs is 7. The molecule has 7 aliphatic rings. The third-order valence-electron chi connectivity index (χ3n) is 18.1. The number of hydrogen-bond acceptors (Lipinski definition) is 5. The molecule has 1 aliphatic heterocycles. The molecule has 0 aromatic heterocycles. The summed E-state index contributed by atoms with van der Waals surface area (Å²) in [5, 5.41) is 14.1. The highest BCUT2D eigenvalue weighted by atomic mass is 32.3. The number of carboxylic acid groups (broad SMARTS) is 1. The van der Waals surface area contributed by atoms with Crippen molar-refractivity contribution in [1.29, 1.82) is 0 Å². The molecule has 0 aromatic carbocycles. The molecular formula is C45H73FN2O4S. The quantitative estimate of drug-likeness (QED) is 0.184. The molecule has 0 amide bonds. The predicted octanol–water partition coefficient (Wildman–Crippen LogP) is 10.4. The molecule has 1 unspecified atom stereocenters. The monoisotopic (exact) mass is 757 g/mol. The van der Waals surface area contributed by atoms with Crippen molar-refractivity contribution in [1.82, 2.24) is 10.2 Å². The molecule has 11 atom stereocenters. The standard InChI is InChI=1S/C45H73FN2O4S/c1-30(2)33-13-20-45(47-23-24-48-25-26-53(51,52)28-31(3)27-48)22-21-42(7)35(38(33)45)9-10-37-41(6)16-14-34(40(4,5)36(41)15-17-43(37,42)8)32-11-18-44(29-46,19-12-32)39(49)50/h11,14,31,33,35-38,47,51-52H,1,9-10,12-13,15-29H2,2-8H3,(H,49,50)/t31?,33-,35+,36-,37+,38+,41-,42+,43+,44-,45-/m0/s1. The van der Waals surface area contributed by atoms with Crippen molar-refractivity contribution >= 4 is 16.6 Å². The number of nitrogens with zero attached hydrogens (tertiary/aromatic N) is 1. The van der Waals surface area contributed by atoms with E-state index in [0.29, 0.717) is 66.3 Å². The fraction of sp³-hybridized carbons (Fsp3) is 0.844. The summed E-state index contributed by atoms with van der Waals surface area (Å²) in [6, 6.07) is 0. The third-order valence-corrected chi connectivity index (χ3v) is 20.0. The van der Waals surface area contributed by atoms with Crippen LogP contribution in [0.1, 0.15) is 126 Å². The van der Waals surface area contributed by atoms with Crippen LogP contribution in [-0.2, 0) is 4.79 Å². The first-order chi connectivity index (χ1) is 24.8. The fourth-order valence-electron chi connectivity index (χ4n) is 15.2. The molecular weight excluding hydrogens is 684 g/mol. The summed E-state index contributed by atoms with van der Waals surface area (Å²) in [5.74, 6) is 3.39. The zero-order chi connectivity index (χ0) is 38.4. The molecule has 0 radical (unpaired) electrons. The van der Waals surface area contributed by atoms with Crippen LogP contribution in [0.5, 0.6) is 0 Å². The number of rotatable bonds is 8. The van der Waals surface area contributed by atoms with Crippen LogP contribution in [-0.4, -0.2) is 75.0 Å². The number of allylic oxidation sites excluding steroid dienone is 5. The van der Waals surface area contributed by atoms with Gasteiger partial charge in [0.1, 0.15) is 6.67 Å². The van der Waals surface area contributed by atoms with E-state index in [1.807, 2.05) is 0 Å². The van der Waals surface area contributed by atoms with Gasteiger partial charge in [0, 0.05) is 37.5 Å². The number of carbonyl (C=O) groups is 1. The Bertz CT molecular complexity index is 1530. The third kappa shape index (κ3) is 6.28. The van der Waals surface area contributed by atoms with Crippen LogP contribution in [0.3, 0.4) is 0 Å². The van der Waals surface area contributed by atoms with Gasteiger partial charge in [-0.15, -0.1) is 0 Å². The summed E-state index contributed by atoms with van der Waals surface area (Å²) in [6.07, 6.45) is 17.1. The van der Waals surface area contributed by atoms with Crippen molar-refractivity contribution in [3.63, 3.8) is 0 Å². The van der Waals surface area contributed by atoms with Gasteiger partial charge in [-0.05, 0) is 152 Å². The highest BCUT2D eigenvalue weighted by Gasteiger charge is 2.70. The van der Waals surface area contributed by atoms with E-state index >= 15 is 0 Å². The van der Waals surface area contributed by atoms with Crippen LogP contribution in [0.2, 0.25) is 0 Å². The van der Waals surface area contributed by atoms with Crippen LogP contribution in [0.25, 0.3) is 0 Å². The summed E-state index contributed by atoms with van der Waals surface area (Å²) in [6.45, 7) is 24.9. The van der Waals surface area contributed by atoms with Gasteiger partial charge in [0.2, 0.25) is 0 Å². The van der Waals surface area contributed by atoms with Crippen LogP contribution in [0, 0.1) is 62.6 Å². The number of alkyl halides is 1. The minimum atomic E-state index is -2.46. The minimum Gasteiger partial charge on any atom is -0.481 e. The van der Waals surface area contributed by atoms with Crippen molar-refractivity contribution < 1.29 is 23.4 Å². The van der Waals surface area contributed by atoms with E-state index in [0.717, 1.165) is 32.6 Å². The Labute approximate surface area is 322 Å². The summed E-state index contributed by atoms with van der Waals surface area (Å²) in [7, 11) is -2.46. The van der Waals surface area contributed by atoms with E-state index in [1.54, 1.807) is 0 Å². The van der Waals surface area contributed by atoms with Crippen LogP contribution >= 0.6 is 10.6 Å². The Morgan fingerprint density at radius 2 is 1.74 bits per heavy atom. The van der Waals surface area contributed by atoms with E-state index in [-0.39, 0.29) is 27.2 Å². The van der Waals surface area contributed by atoms with Crippen LogP contribution in [0.15, 0.2) is 35.5 Å². The minimum absolute atomic E-state index is 0.0126. The fourth-order valence-corrected chi connectivity index (χ4v) is 16.9. The molecule has 4 saturated carbocycles. The molecule has 1 heterocycles. The number of halogens is 1. The average Bonchev–Trinajstić information content (AvgIpc) is 3.40. The van der Waals surface area contributed by atoms with Crippen molar-refractivity contribution in [2.45, 2.75) is 131 Å². The van der Waals surface area contributed by atoms with E-state index in [9.17, 15) is 23.4 Å². The maximum absolute atomic E-state index is 14.0. The Hall–Kier alpha value is -1.19. The molecule has 7 rings (SSSR count). The molecule has 8 heteroatoms. The lowest BCUT2D eigenvalue weighted by Gasteiger charge is -2.72. The molecule has 300 valence electrons. The molecule has 0 spiro atoms. The highest BCUT2D eigenvalue weighted by molar-refractivity contribution is 8.24. The average molecular weight is 757 g/mol. The first-order valence-corrected chi connectivity index (χ1v) is 23.2. The largest absolute Gasteiger partial charge is 0.481 e. The Kier molecular flexibility index (Phi) is 10.4. The molecule has 1 saturated heterocycles. The highest BCUT2D eigenvalue weighted by Crippen LogP contribution is 2.76. The molecule has 5 fully saturated rings. The van der Waals surface area contributed by atoms with Crippen molar-refractivity contribution in [2.24, 2.45) is 62.6 Å². The SMILES string of the molecule is C=C(C)[C@@H]1CC[C@]2(NCCN3CCS(O)(O)CC(C)C3)CC[C@]3(C)[C@H](CC[C@@H]4[C@@]5(C)CC=C(C6=CC[C@](CF)(C(=O)O)CC6)C(C)(C)[C@@H]5CC[C@]43C)[C@@H]12. The Morgan fingerprint density at radius 1 is 0.981 bits per heavy atom. The molecule has 53 heavy (non-hydrogen) atoms. The first kappa shape index (κ1) is 40.0. The van der Waals surface area contributed by atoms with Gasteiger partial charge in [-0.25, -0.2) is 4.39 Å². The van der Waals surface area contributed by atoms with Crippen molar-refractivity contribution in [3.05, 3.63) is 35.5 Å². The van der Waals surface area contributed by atoms with Gasteiger partial charge in [0.05, 0.1) is 11.2 Å². The number of aliphatic carboxylic acids is 1. The van der Waals surface area contributed by atoms with Crippen molar-refractivity contribution in [2.75, 3.05) is 44.4 Å². The van der Waals surface area contributed by atoms with E-state index in [2.05, 4.69) is 77.4 Å². The molecule has 0 bridgehead atoms. The van der Waals surface area contributed by atoms with Gasteiger partial charge in [-0.3, -0.25) is 13.9 Å².